The molecule has 1 aromatic carbocycles. The van der Waals surface area contributed by atoms with Crippen molar-refractivity contribution in [3.05, 3.63) is 35.4 Å². The lowest BCUT2D eigenvalue weighted by molar-refractivity contribution is 0.873. The predicted molar refractivity (Wildman–Crippen MR) is 55.0 cm³/mol. The lowest BCUT2D eigenvalue weighted by atomic mass is 10.0. The Hall–Kier alpha value is -0.490. The van der Waals surface area contributed by atoms with E-state index in [1.54, 1.807) is 0 Å². The highest BCUT2D eigenvalue weighted by atomic mass is 35.5. The maximum Gasteiger partial charge on any atom is 0.0289 e. The van der Waals surface area contributed by atoms with E-state index < -0.39 is 0 Å². The number of hydrogen-bond donors (Lipinski definition) is 0. The predicted octanol–water partition coefficient (Wildman–Crippen LogP) is 3.59. The SMILES string of the molecule is CCc1ccc(C(C)CCl)cc1. The van der Waals surface area contributed by atoms with Crippen molar-refractivity contribution >= 4 is 11.6 Å². The molecule has 0 fully saturated rings. The minimum Gasteiger partial charge on any atom is -0.126 e. The molecule has 1 heteroatoms. The molecule has 12 heavy (non-hydrogen) atoms. The second-order valence-corrected chi connectivity index (χ2v) is 3.46. The van der Waals surface area contributed by atoms with Crippen molar-refractivity contribution in [2.45, 2.75) is 26.2 Å². The van der Waals surface area contributed by atoms with Crippen molar-refractivity contribution in [2.24, 2.45) is 0 Å². The van der Waals surface area contributed by atoms with Crippen LogP contribution in [0.5, 0.6) is 0 Å². The summed E-state index contributed by atoms with van der Waals surface area (Å²) in [5.74, 6) is 1.17. The molecule has 0 amide bonds. The first-order valence-corrected chi connectivity index (χ1v) is 4.96. The van der Waals surface area contributed by atoms with Crippen LogP contribution in [0.15, 0.2) is 24.3 Å². The lowest BCUT2D eigenvalue weighted by Gasteiger charge is -2.07. The Morgan fingerprint density at radius 1 is 1.25 bits per heavy atom. The van der Waals surface area contributed by atoms with Crippen molar-refractivity contribution in [1.29, 1.82) is 0 Å². The molecule has 0 saturated carbocycles. The summed E-state index contributed by atoms with van der Waals surface area (Å²) in [6, 6.07) is 8.70. The second-order valence-electron chi connectivity index (χ2n) is 3.15. The van der Waals surface area contributed by atoms with Gasteiger partial charge in [0.1, 0.15) is 0 Å². The van der Waals surface area contributed by atoms with Crippen LogP contribution in [0.3, 0.4) is 0 Å². The Morgan fingerprint density at radius 3 is 2.25 bits per heavy atom. The Kier molecular flexibility index (Phi) is 3.61. The second kappa shape index (κ2) is 4.51. The number of hydrogen-bond acceptors (Lipinski definition) is 0. The van der Waals surface area contributed by atoms with Crippen molar-refractivity contribution in [3.8, 4) is 0 Å². The topological polar surface area (TPSA) is 0 Å². The molecule has 0 bridgehead atoms. The molecule has 0 aliphatic rings. The molecule has 66 valence electrons. The summed E-state index contributed by atoms with van der Waals surface area (Å²) in [7, 11) is 0. The van der Waals surface area contributed by atoms with Crippen LogP contribution >= 0.6 is 11.6 Å². The minimum atomic E-state index is 0.470. The van der Waals surface area contributed by atoms with Gasteiger partial charge in [-0.15, -0.1) is 11.6 Å². The number of alkyl halides is 1. The van der Waals surface area contributed by atoms with Crippen LogP contribution in [0.2, 0.25) is 0 Å². The summed E-state index contributed by atoms with van der Waals surface area (Å²) >= 11 is 5.76. The number of benzene rings is 1. The molecule has 1 unspecified atom stereocenters. The molecule has 0 aliphatic carbocycles. The Balaban J connectivity index is 2.77. The number of rotatable bonds is 3. The fourth-order valence-electron chi connectivity index (χ4n) is 1.17. The molecular formula is C11H15Cl. The van der Waals surface area contributed by atoms with Gasteiger partial charge in [0.15, 0.2) is 0 Å². The zero-order chi connectivity index (χ0) is 8.97. The Labute approximate surface area is 79.6 Å². The van der Waals surface area contributed by atoms with Gasteiger partial charge in [0, 0.05) is 5.88 Å². The van der Waals surface area contributed by atoms with Crippen molar-refractivity contribution in [1.82, 2.24) is 0 Å². The van der Waals surface area contributed by atoms with Gasteiger partial charge in [-0.1, -0.05) is 38.1 Å². The van der Waals surface area contributed by atoms with Crippen LogP contribution in [-0.4, -0.2) is 5.88 Å². The summed E-state index contributed by atoms with van der Waals surface area (Å²) in [6.45, 7) is 4.31. The van der Waals surface area contributed by atoms with Crippen LogP contribution in [-0.2, 0) is 6.42 Å². The zero-order valence-corrected chi connectivity index (χ0v) is 8.43. The van der Waals surface area contributed by atoms with E-state index >= 15 is 0 Å². The third kappa shape index (κ3) is 2.25. The van der Waals surface area contributed by atoms with Gasteiger partial charge in [-0.3, -0.25) is 0 Å². The van der Waals surface area contributed by atoms with E-state index in [9.17, 15) is 0 Å². The van der Waals surface area contributed by atoms with Crippen LogP contribution in [0.25, 0.3) is 0 Å². The molecule has 0 aliphatic heterocycles. The average molecular weight is 183 g/mol. The normalized spacial score (nSPS) is 12.9. The molecule has 1 atom stereocenters. The maximum atomic E-state index is 5.76. The average Bonchev–Trinajstić information content (AvgIpc) is 2.17. The first-order valence-electron chi connectivity index (χ1n) is 4.42. The molecule has 0 aromatic heterocycles. The smallest absolute Gasteiger partial charge is 0.0289 e. The Bertz CT molecular complexity index is 225. The van der Waals surface area contributed by atoms with Gasteiger partial charge in [0.2, 0.25) is 0 Å². The molecule has 0 nitrogen and oxygen atoms in total. The van der Waals surface area contributed by atoms with E-state index in [0.717, 1.165) is 6.42 Å². The summed E-state index contributed by atoms with van der Waals surface area (Å²) in [5.41, 5.74) is 2.72. The lowest BCUT2D eigenvalue weighted by Crippen LogP contribution is -1.94. The van der Waals surface area contributed by atoms with Gasteiger partial charge >= 0.3 is 0 Å². The molecule has 1 aromatic rings. The summed E-state index contributed by atoms with van der Waals surface area (Å²) in [6.07, 6.45) is 1.11. The highest BCUT2D eigenvalue weighted by Crippen LogP contribution is 2.17. The number of halogens is 1. The van der Waals surface area contributed by atoms with Gasteiger partial charge in [-0.2, -0.15) is 0 Å². The van der Waals surface area contributed by atoms with Crippen LogP contribution in [0, 0.1) is 0 Å². The number of aryl methyl sites for hydroxylation is 1. The first-order chi connectivity index (χ1) is 5.77. The van der Waals surface area contributed by atoms with Gasteiger partial charge in [0.25, 0.3) is 0 Å². The highest BCUT2D eigenvalue weighted by molar-refractivity contribution is 6.18. The van der Waals surface area contributed by atoms with Gasteiger partial charge in [-0.25, -0.2) is 0 Å². The molecule has 1 rings (SSSR count). The van der Waals surface area contributed by atoms with E-state index in [-0.39, 0.29) is 0 Å². The summed E-state index contributed by atoms with van der Waals surface area (Å²) < 4.78 is 0. The molecule has 0 N–H and O–H groups in total. The summed E-state index contributed by atoms with van der Waals surface area (Å²) in [5, 5.41) is 0. The maximum absolute atomic E-state index is 5.76. The van der Waals surface area contributed by atoms with Crippen molar-refractivity contribution in [2.75, 3.05) is 5.88 Å². The van der Waals surface area contributed by atoms with Crippen LogP contribution in [0.1, 0.15) is 30.9 Å². The first kappa shape index (κ1) is 9.60. The highest BCUT2D eigenvalue weighted by Gasteiger charge is 2.02. The van der Waals surface area contributed by atoms with E-state index in [1.807, 2.05) is 0 Å². The van der Waals surface area contributed by atoms with Crippen LogP contribution in [0.4, 0.5) is 0 Å². The van der Waals surface area contributed by atoms with E-state index in [4.69, 9.17) is 11.6 Å². The molecule has 0 saturated heterocycles. The Morgan fingerprint density at radius 2 is 1.83 bits per heavy atom. The summed E-state index contributed by atoms with van der Waals surface area (Å²) in [4.78, 5) is 0. The fraction of sp³-hybridized carbons (Fsp3) is 0.455. The molecule has 0 heterocycles. The third-order valence-electron chi connectivity index (χ3n) is 2.19. The van der Waals surface area contributed by atoms with E-state index in [1.165, 1.54) is 11.1 Å². The quantitative estimate of drug-likeness (QED) is 0.627. The minimum absolute atomic E-state index is 0.470. The molecule has 0 spiro atoms. The van der Waals surface area contributed by atoms with Crippen molar-refractivity contribution < 1.29 is 0 Å². The monoisotopic (exact) mass is 182 g/mol. The van der Waals surface area contributed by atoms with E-state index in [0.29, 0.717) is 11.8 Å². The fourth-order valence-corrected chi connectivity index (χ4v) is 1.35. The standard InChI is InChI=1S/C11H15Cl/c1-3-10-4-6-11(7-5-10)9(2)8-12/h4-7,9H,3,8H2,1-2H3. The van der Waals surface area contributed by atoms with Crippen LogP contribution < -0.4 is 0 Å². The largest absolute Gasteiger partial charge is 0.126 e. The molecular weight excluding hydrogens is 168 g/mol. The van der Waals surface area contributed by atoms with Crippen molar-refractivity contribution in [3.63, 3.8) is 0 Å². The van der Waals surface area contributed by atoms with Gasteiger partial charge < -0.3 is 0 Å². The van der Waals surface area contributed by atoms with Gasteiger partial charge in [-0.05, 0) is 23.5 Å². The zero-order valence-electron chi connectivity index (χ0n) is 7.68. The third-order valence-corrected chi connectivity index (χ3v) is 2.65. The molecule has 0 radical (unpaired) electrons. The van der Waals surface area contributed by atoms with Gasteiger partial charge in [0.05, 0.1) is 0 Å². The van der Waals surface area contributed by atoms with E-state index in [2.05, 4.69) is 38.1 Å².